The van der Waals surface area contributed by atoms with Crippen LogP contribution in [0.4, 0.5) is 0 Å². The number of rotatable bonds is 5. The van der Waals surface area contributed by atoms with E-state index in [1.54, 1.807) is 0 Å². The van der Waals surface area contributed by atoms with Crippen molar-refractivity contribution in [1.82, 2.24) is 0 Å². The molecule has 0 spiro atoms. The summed E-state index contributed by atoms with van der Waals surface area (Å²) in [7, 11) is 0. The summed E-state index contributed by atoms with van der Waals surface area (Å²) >= 11 is 0. The molecule has 0 radical (unpaired) electrons. The van der Waals surface area contributed by atoms with E-state index in [-0.39, 0.29) is 18.0 Å². The normalized spacial score (nSPS) is 38.8. The van der Waals surface area contributed by atoms with Crippen LogP contribution in [0.2, 0.25) is 0 Å². The van der Waals surface area contributed by atoms with Gasteiger partial charge in [-0.2, -0.15) is 0 Å². The van der Waals surface area contributed by atoms with Crippen LogP contribution in [0, 0.1) is 11.8 Å². The highest BCUT2D eigenvalue weighted by Gasteiger charge is 2.35. The summed E-state index contributed by atoms with van der Waals surface area (Å²) < 4.78 is 15.6. The summed E-state index contributed by atoms with van der Waals surface area (Å²) in [4.78, 5) is 12.0. The number of esters is 1. The first-order chi connectivity index (χ1) is 8.33. The van der Waals surface area contributed by atoms with E-state index >= 15 is 0 Å². The van der Waals surface area contributed by atoms with E-state index in [1.165, 1.54) is 0 Å². The molecule has 0 aromatic rings. The summed E-state index contributed by atoms with van der Waals surface area (Å²) in [6.07, 6.45) is 7.68. The monoisotopic (exact) mass is 238 g/mol. The average Bonchev–Trinajstić information content (AvgIpc) is 3.21. The number of allylic oxidation sites excluding steroid dienone is 2. The van der Waals surface area contributed by atoms with E-state index < -0.39 is 0 Å². The highest BCUT2D eigenvalue weighted by Crippen LogP contribution is 2.33. The Morgan fingerprint density at radius 3 is 2.76 bits per heavy atom. The molecule has 3 rings (SSSR count). The van der Waals surface area contributed by atoms with Gasteiger partial charge in [-0.25, -0.2) is 0 Å². The highest BCUT2D eigenvalue weighted by molar-refractivity contribution is 5.73. The Balaban J connectivity index is 1.53. The minimum Gasteiger partial charge on any atom is -0.463 e. The van der Waals surface area contributed by atoms with Crippen molar-refractivity contribution in [1.29, 1.82) is 0 Å². The number of carbonyl (C=O) groups is 1. The highest BCUT2D eigenvalue weighted by atomic mass is 16.6. The minimum atomic E-state index is -0.0597. The predicted molar refractivity (Wildman–Crippen MR) is 60.4 cm³/mol. The van der Waals surface area contributed by atoms with Gasteiger partial charge in [0.25, 0.3) is 0 Å². The van der Waals surface area contributed by atoms with Crippen LogP contribution in [0.3, 0.4) is 0 Å². The summed E-state index contributed by atoms with van der Waals surface area (Å²) in [5.41, 5.74) is 0. The van der Waals surface area contributed by atoms with E-state index in [4.69, 9.17) is 14.2 Å². The van der Waals surface area contributed by atoms with Gasteiger partial charge in [0, 0.05) is 0 Å². The number of carbonyl (C=O) groups excluding carboxylic acids is 1. The third kappa shape index (κ3) is 3.07. The van der Waals surface area contributed by atoms with Gasteiger partial charge in [0.2, 0.25) is 0 Å². The van der Waals surface area contributed by atoms with Gasteiger partial charge in [0.15, 0.2) is 0 Å². The molecule has 2 saturated heterocycles. The second-order valence-corrected chi connectivity index (χ2v) is 5.05. The lowest BCUT2D eigenvalue weighted by Gasteiger charge is -2.25. The Morgan fingerprint density at radius 1 is 1.29 bits per heavy atom. The van der Waals surface area contributed by atoms with Crippen molar-refractivity contribution in [3.8, 4) is 0 Å². The van der Waals surface area contributed by atoms with Crippen LogP contribution in [0.15, 0.2) is 12.2 Å². The maximum absolute atomic E-state index is 12.0. The average molecular weight is 238 g/mol. The lowest BCUT2D eigenvalue weighted by Crippen LogP contribution is -2.28. The van der Waals surface area contributed by atoms with Crippen molar-refractivity contribution in [3.63, 3.8) is 0 Å². The van der Waals surface area contributed by atoms with Crippen LogP contribution in [0.1, 0.15) is 19.3 Å². The first-order valence-corrected chi connectivity index (χ1v) is 6.39. The molecule has 0 saturated carbocycles. The third-order valence-corrected chi connectivity index (χ3v) is 3.60. The van der Waals surface area contributed by atoms with Crippen LogP contribution in [-0.2, 0) is 19.0 Å². The van der Waals surface area contributed by atoms with Crippen molar-refractivity contribution >= 4 is 5.97 Å². The Hall–Kier alpha value is -0.870. The summed E-state index contributed by atoms with van der Waals surface area (Å²) in [5, 5.41) is 0. The molecule has 4 heteroatoms. The largest absolute Gasteiger partial charge is 0.463 e. The van der Waals surface area contributed by atoms with Gasteiger partial charge < -0.3 is 14.2 Å². The van der Waals surface area contributed by atoms with Gasteiger partial charge in [-0.1, -0.05) is 12.2 Å². The van der Waals surface area contributed by atoms with E-state index in [0.717, 1.165) is 32.5 Å². The first-order valence-electron chi connectivity index (χ1n) is 6.39. The van der Waals surface area contributed by atoms with Crippen LogP contribution in [0.5, 0.6) is 0 Å². The van der Waals surface area contributed by atoms with Gasteiger partial charge in [0.1, 0.15) is 12.7 Å². The predicted octanol–water partition coefficient (Wildman–Crippen LogP) is 1.30. The van der Waals surface area contributed by atoms with Crippen LogP contribution >= 0.6 is 0 Å². The second kappa shape index (κ2) is 4.78. The van der Waals surface area contributed by atoms with Gasteiger partial charge in [-0.3, -0.25) is 4.79 Å². The topological polar surface area (TPSA) is 51.4 Å². The maximum Gasteiger partial charge on any atom is 0.309 e. The molecule has 4 nitrogen and oxygen atoms in total. The van der Waals surface area contributed by atoms with Crippen molar-refractivity contribution in [2.75, 3.05) is 19.8 Å². The molecule has 0 aromatic carbocycles. The minimum absolute atomic E-state index is 0.0166. The van der Waals surface area contributed by atoms with Gasteiger partial charge in [-0.15, -0.1) is 0 Å². The Kier molecular flexibility index (Phi) is 3.16. The van der Waals surface area contributed by atoms with Crippen LogP contribution < -0.4 is 0 Å². The molecule has 2 heterocycles. The molecular weight excluding hydrogens is 220 g/mol. The fraction of sp³-hybridized carbons (Fsp3) is 0.769. The zero-order valence-corrected chi connectivity index (χ0v) is 9.84. The quantitative estimate of drug-likeness (QED) is 0.411. The van der Waals surface area contributed by atoms with Crippen molar-refractivity contribution in [3.05, 3.63) is 12.2 Å². The molecule has 2 aliphatic heterocycles. The van der Waals surface area contributed by atoms with Gasteiger partial charge >= 0.3 is 5.97 Å². The molecule has 4 unspecified atom stereocenters. The van der Waals surface area contributed by atoms with E-state index in [9.17, 15) is 4.79 Å². The zero-order chi connectivity index (χ0) is 11.7. The molecule has 1 aliphatic carbocycles. The fourth-order valence-electron chi connectivity index (χ4n) is 2.38. The molecule has 0 bridgehead atoms. The Bertz CT molecular complexity index is 317. The van der Waals surface area contributed by atoms with E-state index in [1.807, 2.05) is 0 Å². The summed E-state index contributed by atoms with van der Waals surface area (Å²) in [5.74, 6) is 0.252. The Labute approximate surface area is 101 Å². The standard InChI is InChI=1S/C13H18O4/c14-13(17-8-11-7-16-11)12-4-2-1-3-9(12)5-10-6-15-10/h1,3,9-12H,2,4-8H2. The van der Waals surface area contributed by atoms with E-state index in [2.05, 4.69) is 12.2 Å². The number of ether oxygens (including phenoxy) is 3. The fourth-order valence-corrected chi connectivity index (χ4v) is 2.38. The number of hydrogen-bond acceptors (Lipinski definition) is 4. The number of hydrogen-bond donors (Lipinski definition) is 0. The first kappa shape index (κ1) is 11.2. The zero-order valence-electron chi connectivity index (χ0n) is 9.84. The molecule has 3 aliphatic rings. The van der Waals surface area contributed by atoms with Crippen LogP contribution in [-0.4, -0.2) is 38.0 Å². The third-order valence-electron chi connectivity index (χ3n) is 3.60. The molecule has 2 fully saturated rings. The molecule has 0 amide bonds. The smallest absolute Gasteiger partial charge is 0.309 e. The molecule has 0 N–H and O–H groups in total. The Morgan fingerprint density at radius 2 is 2.06 bits per heavy atom. The molecular formula is C13H18O4. The lowest BCUT2D eigenvalue weighted by molar-refractivity contribution is -0.151. The molecule has 0 aromatic heterocycles. The van der Waals surface area contributed by atoms with Gasteiger partial charge in [-0.05, 0) is 25.2 Å². The van der Waals surface area contributed by atoms with Crippen molar-refractivity contribution in [2.24, 2.45) is 11.8 Å². The van der Waals surface area contributed by atoms with Crippen LogP contribution in [0.25, 0.3) is 0 Å². The van der Waals surface area contributed by atoms with Gasteiger partial charge in [0.05, 0.1) is 25.2 Å². The SMILES string of the molecule is O=C(OCC1CO1)C1CCC=CC1CC1CO1. The maximum atomic E-state index is 12.0. The van der Waals surface area contributed by atoms with E-state index in [0.29, 0.717) is 18.6 Å². The summed E-state index contributed by atoms with van der Waals surface area (Å²) in [6.45, 7) is 2.00. The number of epoxide rings is 2. The molecule has 4 atom stereocenters. The van der Waals surface area contributed by atoms with Crippen molar-refractivity contribution in [2.45, 2.75) is 31.5 Å². The molecule has 94 valence electrons. The molecule has 17 heavy (non-hydrogen) atoms. The second-order valence-electron chi connectivity index (χ2n) is 5.05. The van der Waals surface area contributed by atoms with Crippen molar-refractivity contribution < 1.29 is 19.0 Å². The lowest BCUT2D eigenvalue weighted by atomic mass is 9.81. The summed E-state index contributed by atoms with van der Waals surface area (Å²) in [6, 6.07) is 0.